The Kier molecular flexibility index (Phi) is 7.99. The molecule has 2 heterocycles. The van der Waals surface area contributed by atoms with Crippen molar-refractivity contribution in [1.29, 1.82) is 0 Å². The van der Waals surface area contributed by atoms with Crippen molar-refractivity contribution in [3.63, 3.8) is 0 Å². The van der Waals surface area contributed by atoms with E-state index >= 15 is 0 Å². The molecule has 38 heavy (non-hydrogen) atoms. The molecule has 0 bridgehead atoms. The van der Waals surface area contributed by atoms with Gasteiger partial charge in [0.15, 0.2) is 0 Å². The molecule has 1 aliphatic heterocycles. The number of aromatic nitrogens is 1. The van der Waals surface area contributed by atoms with Crippen LogP contribution in [0.25, 0.3) is 5.69 Å². The zero-order valence-electron chi connectivity index (χ0n) is 23.2. The van der Waals surface area contributed by atoms with Crippen molar-refractivity contribution in [3.05, 3.63) is 72.1 Å². The summed E-state index contributed by atoms with van der Waals surface area (Å²) in [7, 11) is 3.24. The lowest BCUT2D eigenvalue weighted by molar-refractivity contribution is -0.119. The third kappa shape index (κ3) is 5.49. The Balaban J connectivity index is 1.82. The Labute approximate surface area is 225 Å². The van der Waals surface area contributed by atoms with E-state index in [9.17, 15) is 9.59 Å². The first-order valence-electron chi connectivity index (χ1n) is 13.1. The first-order valence-corrected chi connectivity index (χ1v) is 13.1. The fraction of sp³-hybridized carbons (Fsp3) is 0.400. The van der Waals surface area contributed by atoms with Gasteiger partial charge in [0.1, 0.15) is 24.1 Å². The topological polar surface area (TPSA) is 76.0 Å². The molecule has 3 amide bonds. The monoisotopic (exact) mass is 518 g/mol. The van der Waals surface area contributed by atoms with E-state index in [1.807, 2.05) is 81.6 Å². The van der Waals surface area contributed by atoms with E-state index in [0.717, 1.165) is 35.5 Å². The lowest BCUT2D eigenvalue weighted by Gasteiger charge is -2.40. The fourth-order valence-electron chi connectivity index (χ4n) is 4.85. The van der Waals surface area contributed by atoms with Crippen LogP contribution in [-0.2, 0) is 4.79 Å². The van der Waals surface area contributed by atoms with Crippen LogP contribution in [-0.4, -0.2) is 54.3 Å². The number of para-hydroxylation sites is 2. The molecule has 2 aromatic carbocycles. The molecule has 0 radical (unpaired) electrons. The molecule has 202 valence electrons. The Morgan fingerprint density at radius 3 is 2.39 bits per heavy atom. The van der Waals surface area contributed by atoms with Crippen LogP contribution in [0, 0.1) is 0 Å². The van der Waals surface area contributed by atoms with E-state index in [1.54, 1.807) is 24.0 Å². The second kappa shape index (κ2) is 11.2. The minimum Gasteiger partial charge on any atom is -0.497 e. The van der Waals surface area contributed by atoms with Crippen molar-refractivity contribution in [1.82, 2.24) is 14.8 Å². The van der Waals surface area contributed by atoms with Crippen molar-refractivity contribution in [2.45, 2.75) is 52.1 Å². The summed E-state index contributed by atoms with van der Waals surface area (Å²) in [6, 6.07) is 16.7. The largest absolute Gasteiger partial charge is 0.497 e. The lowest BCUT2D eigenvalue weighted by Crippen LogP contribution is -2.52. The summed E-state index contributed by atoms with van der Waals surface area (Å²) in [5.74, 6) is 1.13. The number of unbranched alkanes of at least 4 members (excludes halogenated alkanes) is 1. The summed E-state index contributed by atoms with van der Waals surface area (Å²) in [6.45, 7) is 8.31. The maximum absolute atomic E-state index is 14.3. The molecule has 1 aromatic heterocycles. The second-order valence-electron chi connectivity index (χ2n) is 10.5. The number of nitrogens with zero attached hydrogens (tertiary/aromatic N) is 3. The van der Waals surface area contributed by atoms with Gasteiger partial charge < -0.3 is 24.3 Å². The molecule has 0 spiro atoms. The number of rotatable bonds is 8. The molecule has 0 aliphatic carbocycles. The Hall–Kier alpha value is -3.94. The van der Waals surface area contributed by atoms with Gasteiger partial charge in [0.2, 0.25) is 5.91 Å². The van der Waals surface area contributed by atoms with Crippen molar-refractivity contribution < 1.29 is 19.1 Å². The van der Waals surface area contributed by atoms with Gasteiger partial charge in [-0.3, -0.25) is 9.69 Å². The Bertz CT molecular complexity index is 1290. The number of hydrogen-bond donors (Lipinski definition) is 1. The fourth-order valence-corrected chi connectivity index (χ4v) is 4.85. The van der Waals surface area contributed by atoms with Crippen LogP contribution >= 0.6 is 0 Å². The predicted molar refractivity (Wildman–Crippen MR) is 149 cm³/mol. The Morgan fingerprint density at radius 2 is 1.74 bits per heavy atom. The van der Waals surface area contributed by atoms with Crippen LogP contribution in [0.2, 0.25) is 0 Å². The number of fused-ring (bicyclic) bond motifs is 3. The number of amides is 3. The van der Waals surface area contributed by atoms with Gasteiger partial charge in [0, 0.05) is 23.8 Å². The highest BCUT2D eigenvalue weighted by Crippen LogP contribution is 2.45. The normalized spacial score (nSPS) is 14.4. The molecular formula is C30H38N4O4. The van der Waals surface area contributed by atoms with E-state index in [4.69, 9.17) is 9.47 Å². The number of hydrogen-bond acceptors (Lipinski definition) is 4. The average Bonchev–Trinajstić information content (AvgIpc) is 3.38. The molecule has 3 aromatic rings. The van der Waals surface area contributed by atoms with Crippen LogP contribution in [0.4, 0.5) is 10.5 Å². The SMILES string of the molecule is CCCCN(CC(=O)N1c2ccccc2-n2cccc2C1c1cc(OC)ccc1OC)C(=O)NC(C)(C)C. The van der Waals surface area contributed by atoms with Crippen molar-refractivity contribution in [2.75, 3.05) is 32.2 Å². The average molecular weight is 519 g/mol. The van der Waals surface area contributed by atoms with Crippen LogP contribution in [0.5, 0.6) is 11.5 Å². The summed E-state index contributed by atoms with van der Waals surface area (Å²) >= 11 is 0. The van der Waals surface area contributed by atoms with Gasteiger partial charge in [-0.2, -0.15) is 0 Å². The zero-order chi connectivity index (χ0) is 27.4. The number of carbonyl (C=O) groups is 2. The molecule has 1 aliphatic rings. The molecule has 1 atom stereocenters. The third-order valence-corrected chi connectivity index (χ3v) is 6.60. The highest BCUT2D eigenvalue weighted by molar-refractivity contribution is 6.00. The highest BCUT2D eigenvalue weighted by Gasteiger charge is 2.38. The van der Waals surface area contributed by atoms with Crippen LogP contribution < -0.4 is 19.7 Å². The summed E-state index contributed by atoms with van der Waals surface area (Å²) in [5, 5.41) is 3.02. The molecule has 8 heteroatoms. The molecule has 1 unspecified atom stereocenters. The van der Waals surface area contributed by atoms with E-state index < -0.39 is 11.6 Å². The number of anilines is 1. The van der Waals surface area contributed by atoms with E-state index in [2.05, 4.69) is 16.8 Å². The maximum Gasteiger partial charge on any atom is 0.318 e. The summed E-state index contributed by atoms with van der Waals surface area (Å²) in [6.07, 6.45) is 3.72. The van der Waals surface area contributed by atoms with E-state index in [0.29, 0.717) is 18.0 Å². The van der Waals surface area contributed by atoms with E-state index in [1.165, 1.54) is 0 Å². The smallest absolute Gasteiger partial charge is 0.318 e. The molecule has 0 fully saturated rings. The van der Waals surface area contributed by atoms with Crippen LogP contribution in [0.15, 0.2) is 60.8 Å². The first-order chi connectivity index (χ1) is 18.2. The first kappa shape index (κ1) is 27.1. The van der Waals surface area contributed by atoms with Gasteiger partial charge in [-0.15, -0.1) is 0 Å². The number of carbonyl (C=O) groups excluding carboxylic acids is 2. The lowest BCUT2D eigenvalue weighted by atomic mass is 9.96. The Morgan fingerprint density at radius 1 is 1.00 bits per heavy atom. The molecule has 0 saturated carbocycles. The second-order valence-corrected chi connectivity index (χ2v) is 10.5. The minimum atomic E-state index is -0.490. The zero-order valence-corrected chi connectivity index (χ0v) is 23.2. The van der Waals surface area contributed by atoms with Crippen molar-refractivity contribution in [2.24, 2.45) is 0 Å². The highest BCUT2D eigenvalue weighted by atomic mass is 16.5. The van der Waals surface area contributed by atoms with Gasteiger partial charge in [0.25, 0.3) is 0 Å². The number of ether oxygens (including phenoxy) is 2. The van der Waals surface area contributed by atoms with Gasteiger partial charge in [-0.25, -0.2) is 4.79 Å². The van der Waals surface area contributed by atoms with E-state index in [-0.39, 0.29) is 18.5 Å². The quantitative estimate of drug-likeness (QED) is 0.425. The third-order valence-electron chi connectivity index (χ3n) is 6.60. The number of benzene rings is 2. The molecule has 0 saturated heterocycles. The van der Waals surface area contributed by atoms with Gasteiger partial charge in [0.05, 0.1) is 31.3 Å². The number of methoxy groups -OCH3 is 2. The summed E-state index contributed by atoms with van der Waals surface area (Å²) in [4.78, 5) is 30.9. The van der Waals surface area contributed by atoms with Crippen molar-refractivity contribution >= 4 is 17.6 Å². The van der Waals surface area contributed by atoms with Crippen molar-refractivity contribution in [3.8, 4) is 17.2 Å². The van der Waals surface area contributed by atoms with Gasteiger partial charge in [-0.1, -0.05) is 25.5 Å². The number of nitrogens with one attached hydrogen (secondary N) is 1. The van der Waals surface area contributed by atoms with Gasteiger partial charge in [-0.05, 0) is 69.7 Å². The summed E-state index contributed by atoms with van der Waals surface area (Å²) in [5.41, 5.74) is 2.97. The minimum absolute atomic E-state index is 0.0558. The van der Waals surface area contributed by atoms with Crippen LogP contribution in [0.1, 0.15) is 57.8 Å². The molecule has 4 rings (SSSR count). The molecule has 1 N–H and O–H groups in total. The standard InChI is InChI=1S/C30H38N4O4/c1-7-8-17-32(29(36)31-30(2,3)4)20-27(35)34-24-13-10-9-12-23(24)33-18-11-14-25(33)28(34)22-19-21(37-5)15-16-26(22)38-6/h9-16,18-19,28H,7-8,17,20H2,1-6H3,(H,31,36). The number of urea groups is 1. The van der Waals surface area contributed by atoms with Gasteiger partial charge >= 0.3 is 6.03 Å². The predicted octanol–water partition coefficient (Wildman–Crippen LogP) is 5.54. The maximum atomic E-state index is 14.3. The summed E-state index contributed by atoms with van der Waals surface area (Å²) < 4.78 is 13.4. The van der Waals surface area contributed by atoms with Crippen LogP contribution in [0.3, 0.4) is 0 Å². The molecule has 8 nitrogen and oxygen atoms in total. The molecular weight excluding hydrogens is 480 g/mol.